The van der Waals surface area contributed by atoms with Crippen molar-refractivity contribution in [3.63, 3.8) is 0 Å². The van der Waals surface area contributed by atoms with Gasteiger partial charge in [0.05, 0.1) is 15.6 Å². The van der Waals surface area contributed by atoms with E-state index in [1.54, 1.807) is 24.3 Å². The van der Waals surface area contributed by atoms with Gasteiger partial charge in [-0.1, -0.05) is 59.6 Å². The van der Waals surface area contributed by atoms with Crippen LogP contribution in [0, 0.1) is 5.41 Å². The molecule has 0 bridgehead atoms. The molecule has 5 nitrogen and oxygen atoms in total. The highest BCUT2D eigenvalue weighted by Gasteiger charge is 2.75. The first-order valence-corrected chi connectivity index (χ1v) is 11.5. The number of carbonyl (C=O) groups is 2. The van der Waals surface area contributed by atoms with Crippen LogP contribution in [-0.2, 0) is 10.3 Å². The van der Waals surface area contributed by atoms with Gasteiger partial charge in [0, 0.05) is 23.7 Å². The lowest BCUT2D eigenvalue weighted by Crippen LogP contribution is -2.62. The zero-order chi connectivity index (χ0) is 23.0. The number of para-hydroxylation sites is 2. The number of Topliss-reactive ketones (excluding diaryl/α,β-unsaturated/α-hetero) is 1. The highest BCUT2D eigenvalue weighted by molar-refractivity contribution is 6.42. The van der Waals surface area contributed by atoms with Gasteiger partial charge in [-0.15, -0.1) is 0 Å². The van der Waals surface area contributed by atoms with Crippen molar-refractivity contribution in [1.29, 1.82) is 0 Å². The molecule has 0 unspecified atom stereocenters. The first-order valence-electron chi connectivity index (χ1n) is 10.7. The molecule has 7 heteroatoms. The number of likely N-dealkylation sites (tertiary alicyclic amines) is 1. The molecule has 1 N–H and O–H groups in total. The maximum Gasteiger partial charge on any atom is 0.250 e. The standard InChI is InChI=1S/C26H20Cl2N2O3/c1-30-13-18(15-10-11-19(27)20(28)12-15)25(14-33-22-9-5-2-6-16(22)23(25)31)26(30)17-7-3-4-8-21(17)29-24(26)32/h2-12,18H,13-14H2,1H3,(H,29,32)/t18-,25+,26-/m1/s1. The third-order valence-corrected chi connectivity index (χ3v) is 8.24. The minimum Gasteiger partial charge on any atom is -0.492 e. The third kappa shape index (κ3) is 2.47. The Bertz CT molecular complexity index is 1340. The van der Waals surface area contributed by atoms with Crippen molar-refractivity contribution in [1.82, 2.24) is 4.90 Å². The number of anilines is 1. The number of nitrogens with zero attached hydrogens (tertiary/aromatic N) is 1. The minimum absolute atomic E-state index is 0.0693. The van der Waals surface area contributed by atoms with Gasteiger partial charge in [0.25, 0.3) is 5.91 Å². The maximum absolute atomic E-state index is 14.5. The second-order valence-electron chi connectivity index (χ2n) is 8.90. The molecule has 6 rings (SSSR count). The van der Waals surface area contributed by atoms with Crippen LogP contribution in [0.25, 0.3) is 0 Å². The SMILES string of the molecule is CN1C[C@H](c2ccc(Cl)c(Cl)c2)[C@]2(COc3ccccc3C2=O)[C@@]12C(=O)Nc1ccccc12. The van der Waals surface area contributed by atoms with Crippen LogP contribution in [0.2, 0.25) is 10.0 Å². The van der Waals surface area contributed by atoms with Gasteiger partial charge in [0.2, 0.25) is 0 Å². The summed E-state index contributed by atoms with van der Waals surface area (Å²) in [5.74, 6) is -0.130. The average Bonchev–Trinajstić information content (AvgIpc) is 3.27. The van der Waals surface area contributed by atoms with Crippen LogP contribution in [0.5, 0.6) is 5.75 Å². The summed E-state index contributed by atoms with van der Waals surface area (Å²) in [6.07, 6.45) is 0. The molecule has 3 aromatic carbocycles. The van der Waals surface area contributed by atoms with E-state index in [-0.39, 0.29) is 24.2 Å². The molecule has 1 saturated heterocycles. The maximum atomic E-state index is 14.5. The number of carbonyl (C=O) groups excluding carboxylic acids is 2. The molecule has 0 saturated carbocycles. The molecule has 3 heterocycles. The van der Waals surface area contributed by atoms with Crippen molar-refractivity contribution in [3.8, 4) is 5.75 Å². The summed E-state index contributed by atoms with van der Waals surface area (Å²) in [4.78, 5) is 30.4. The Hall–Kier alpha value is -2.86. The van der Waals surface area contributed by atoms with Gasteiger partial charge < -0.3 is 10.1 Å². The number of benzene rings is 3. The summed E-state index contributed by atoms with van der Waals surface area (Å²) in [5, 5.41) is 3.89. The molecule has 33 heavy (non-hydrogen) atoms. The fraction of sp³-hybridized carbons (Fsp3) is 0.231. The number of hydrogen-bond acceptors (Lipinski definition) is 4. The number of likely N-dealkylation sites (N-methyl/N-ethyl adjacent to an activating group) is 1. The lowest BCUT2D eigenvalue weighted by Gasteiger charge is -2.47. The van der Waals surface area contributed by atoms with E-state index in [0.717, 1.165) is 16.8 Å². The Morgan fingerprint density at radius 1 is 1.00 bits per heavy atom. The molecule has 1 fully saturated rings. The zero-order valence-corrected chi connectivity index (χ0v) is 19.3. The lowest BCUT2D eigenvalue weighted by atomic mass is 9.57. The molecule has 0 radical (unpaired) electrons. The monoisotopic (exact) mass is 478 g/mol. The number of hydrogen-bond donors (Lipinski definition) is 1. The number of ketones is 1. The highest BCUT2D eigenvalue weighted by atomic mass is 35.5. The van der Waals surface area contributed by atoms with Gasteiger partial charge in [-0.25, -0.2) is 0 Å². The van der Waals surface area contributed by atoms with Gasteiger partial charge in [0.1, 0.15) is 23.3 Å². The van der Waals surface area contributed by atoms with E-state index in [0.29, 0.717) is 27.9 Å². The Morgan fingerprint density at radius 2 is 1.76 bits per heavy atom. The first-order chi connectivity index (χ1) is 15.9. The van der Waals surface area contributed by atoms with Gasteiger partial charge in [-0.2, -0.15) is 0 Å². The van der Waals surface area contributed by atoms with Crippen LogP contribution in [0.4, 0.5) is 5.69 Å². The topological polar surface area (TPSA) is 58.6 Å². The van der Waals surface area contributed by atoms with Crippen molar-refractivity contribution >= 4 is 40.6 Å². The summed E-state index contributed by atoms with van der Waals surface area (Å²) < 4.78 is 6.25. The van der Waals surface area contributed by atoms with Crippen molar-refractivity contribution in [2.24, 2.45) is 5.41 Å². The van der Waals surface area contributed by atoms with Crippen LogP contribution in [-0.4, -0.2) is 36.8 Å². The molecule has 3 aliphatic rings. The summed E-state index contributed by atoms with van der Waals surface area (Å²) in [6.45, 7) is 0.539. The van der Waals surface area contributed by atoms with Crippen LogP contribution in [0.15, 0.2) is 66.7 Å². The molecule has 2 spiro atoms. The van der Waals surface area contributed by atoms with Crippen molar-refractivity contribution in [2.45, 2.75) is 11.5 Å². The van der Waals surface area contributed by atoms with Crippen molar-refractivity contribution in [2.75, 3.05) is 25.5 Å². The predicted octanol–water partition coefficient (Wildman–Crippen LogP) is 5.13. The number of halogens is 2. The van der Waals surface area contributed by atoms with E-state index in [1.807, 2.05) is 54.4 Å². The summed E-state index contributed by atoms with van der Waals surface area (Å²) in [7, 11) is 1.90. The molecule has 1 amide bonds. The van der Waals surface area contributed by atoms with Gasteiger partial charge in [-0.3, -0.25) is 14.5 Å². The highest BCUT2D eigenvalue weighted by Crippen LogP contribution is 2.64. The Labute approximate surface area is 201 Å². The summed E-state index contributed by atoms with van der Waals surface area (Å²) in [6, 6.07) is 20.2. The largest absolute Gasteiger partial charge is 0.492 e. The van der Waals surface area contributed by atoms with Crippen LogP contribution in [0.1, 0.15) is 27.4 Å². The van der Waals surface area contributed by atoms with E-state index in [9.17, 15) is 9.59 Å². The third-order valence-electron chi connectivity index (χ3n) is 7.50. The first kappa shape index (κ1) is 20.7. The Kier molecular flexibility index (Phi) is 4.44. The Balaban J connectivity index is 1.67. The predicted molar refractivity (Wildman–Crippen MR) is 127 cm³/mol. The average molecular weight is 479 g/mol. The Morgan fingerprint density at radius 3 is 2.58 bits per heavy atom. The van der Waals surface area contributed by atoms with Crippen molar-refractivity contribution < 1.29 is 14.3 Å². The van der Waals surface area contributed by atoms with E-state index in [4.69, 9.17) is 27.9 Å². The van der Waals surface area contributed by atoms with E-state index < -0.39 is 11.0 Å². The van der Waals surface area contributed by atoms with Gasteiger partial charge in [-0.05, 0) is 42.9 Å². The fourth-order valence-electron chi connectivity index (χ4n) is 6.15. The van der Waals surface area contributed by atoms with Crippen molar-refractivity contribution in [3.05, 3.63) is 93.5 Å². The number of ether oxygens (including phenoxy) is 1. The fourth-order valence-corrected chi connectivity index (χ4v) is 6.45. The molecule has 3 atom stereocenters. The number of amides is 1. The molecule has 0 aliphatic carbocycles. The molecule has 166 valence electrons. The minimum atomic E-state index is -1.23. The van der Waals surface area contributed by atoms with E-state index >= 15 is 0 Å². The zero-order valence-electron chi connectivity index (χ0n) is 17.8. The molecule has 0 aromatic heterocycles. The van der Waals surface area contributed by atoms with E-state index in [1.165, 1.54) is 0 Å². The number of rotatable bonds is 1. The van der Waals surface area contributed by atoms with Gasteiger partial charge >= 0.3 is 0 Å². The second kappa shape index (κ2) is 7.07. The summed E-state index contributed by atoms with van der Waals surface area (Å²) >= 11 is 12.6. The quantitative estimate of drug-likeness (QED) is 0.526. The smallest absolute Gasteiger partial charge is 0.250 e. The molecular formula is C26H20Cl2N2O3. The lowest BCUT2D eigenvalue weighted by molar-refractivity contribution is -0.131. The normalized spacial score (nSPS) is 28.0. The second-order valence-corrected chi connectivity index (χ2v) is 9.72. The summed E-state index contributed by atoms with van der Waals surface area (Å²) in [5.41, 5.74) is 0.406. The van der Waals surface area contributed by atoms with E-state index in [2.05, 4.69) is 5.32 Å². The van der Waals surface area contributed by atoms with Crippen LogP contribution >= 0.6 is 23.2 Å². The van der Waals surface area contributed by atoms with Gasteiger partial charge in [0.15, 0.2) is 5.78 Å². The number of fused-ring (bicyclic) bond motifs is 4. The molecule has 3 aromatic rings. The molecular weight excluding hydrogens is 459 g/mol. The van der Waals surface area contributed by atoms with Crippen LogP contribution < -0.4 is 10.1 Å². The number of nitrogens with one attached hydrogen (secondary N) is 1. The van der Waals surface area contributed by atoms with Crippen LogP contribution in [0.3, 0.4) is 0 Å². The molecule has 3 aliphatic heterocycles.